The second kappa shape index (κ2) is 7.75. The van der Waals surface area contributed by atoms with Crippen molar-refractivity contribution in [1.82, 2.24) is 15.5 Å². The topological polar surface area (TPSA) is 61.4 Å². The number of nitrogens with zero attached hydrogens (tertiary/aromatic N) is 1. The molecule has 1 heterocycles. The molecule has 2 amide bonds. The number of carbonyl (C=O) groups excluding carboxylic acids is 2. The maximum Gasteiger partial charge on any atom is 0.240 e. The first-order valence-corrected chi connectivity index (χ1v) is 8.37. The number of rotatable bonds is 5. The molecule has 1 fully saturated rings. The standard InChI is InChI=1S/C18H26FN3O2/c1-11(21-13(3)23)16-8-9-17(14-6-5-7-15(19)10-14)22(16)18(24)12(2)20-4/h5-7,10-12,16-17,20H,8-9H2,1-4H3,(H,21,23)/t11-,12+,16?,17?/m0/s1. The molecule has 0 spiro atoms. The molecule has 0 radical (unpaired) electrons. The number of carbonyl (C=O) groups is 2. The van der Waals surface area contributed by atoms with Crippen LogP contribution in [0.15, 0.2) is 24.3 Å². The number of benzene rings is 1. The molecule has 1 aliphatic heterocycles. The lowest BCUT2D eigenvalue weighted by molar-refractivity contribution is -0.137. The van der Waals surface area contributed by atoms with Crippen molar-refractivity contribution in [3.05, 3.63) is 35.6 Å². The first-order valence-electron chi connectivity index (χ1n) is 8.37. The lowest BCUT2D eigenvalue weighted by Crippen LogP contribution is -2.53. The Kier molecular flexibility index (Phi) is 5.94. The predicted molar refractivity (Wildman–Crippen MR) is 90.8 cm³/mol. The van der Waals surface area contributed by atoms with Gasteiger partial charge in [-0.3, -0.25) is 9.59 Å². The van der Waals surface area contributed by atoms with Gasteiger partial charge in [0.15, 0.2) is 0 Å². The Labute approximate surface area is 142 Å². The third-order valence-electron chi connectivity index (χ3n) is 4.73. The van der Waals surface area contributed by atoms with Gasteiger partial charge in [-0.25, -0.2) is 4.39 Å². The van der Waals surface area contributed by atoms with Crippen LogP contribution in [0.4, 0.5) is 4.39 Å². The van der Waals surface area contributed by atoms with Crippen molar-refractivity contribution in [1.29, 1.82) is 0 Å². The normalized spacial score (nSPS) is 23.0. The van der Waals surface area contributed by atoms with Crippen LogP contribution in [-0.2, 0) is 9.59 Å². The van der Waals surface area contributed by atoms with Gasteiger partial charge in [-0.1, -0.05) is 12.1 Å². The summed E-state index contributed by atoms with van der Waals surface area (Å²) in [4.78, 5) is 26.1. The molecule has 24 heavy (non-hydrogen) atoms. The van der Waals surface area contributed by atoms with Crippen molar-refractivity contribution < 1.29 is 14.0 Å². The molecule has 2 rings (SSSR count). The zero-order valence-electron chi connectivity index (χ0n) is 14.7. The molecule has 6 heteroatoms. The van der Waals surface area contributed by atoms with E-state index in [1.807, 2.05) is 24.8 Å². The zero-order valence-corrected chi connectivity index (χ0v) is 14.7. The van der Waals surface area contributed by atoms with Crippen molar-refractivity contribution in [3.8, 4) is 0 Å². The third-order valence-corrected chi connectivity index (χ3v) is 4.73. The molecule has 0 bridgehead atoms. The Bertz CT molecular complexity index is 608. The van der Waals surface area contributed by atoms with Gasteiger partial charge in [-0.2, -0.15) is 0 Å². The number of amides is 2. The minimum atomic E-state index is -0.341. The van der Waals surface area contributed by atoms with E-state index in [1.54, 1.807) is 13.1 Å². The van der Waals surface area contributed by atoms with Gasteiger partial charge in [0.2, 0.25) is 11.8 Å². The summed E-state index contributed by atoms with van der Waals surface area (Å²) < 4.78 is 13.6. The first-order chi connectivity index (χ1) is 11.3. The maximum absolute atomic E-state index is 13.6. The SMILES string of the molecule is CN[C@H](C)C(=O)N1C(c2cccc(F)c2)CCC1[C@H](C)NC(C)=O. The number of hydrogen-bond acceptors (Lipinski definition) is 3. The Hall–Kier alpha value is -1.95. The second-order valence-electron chi connectivity index (χ2n) is 6.46. The van der Waals surface area contributed by atoms with Crippen molar-refractivity contribution in [3.63, 3.8) is 0 Å². The number of nitrogens with one attached hydrogen (secondary N) is 2. The highest BCUT2D eigenvalue weighted by Crippen LogP contribution is 2.38. The fourth-order valence-electron chi connectivity index (χ4n) is 3.45. The molecule has 1 aliphatic rings. The summed E-state index contributed by atoms with van der Waals surface area (Å²) >= 11 is 0. The van der Waals surface area contributed by atoms with Crippen LogP contribution in [0, 0.1) is 5.82 Å². The average molecular weight is 335 g/mol. The molecular weight excluding hydrogens is 309 g/mol. The molecule has 2 unspecified atom stereocenters. The van der Waals surface area contributed by atoms with Crippen molar-refractivity contribution in [2.75, 3.05) is 7.05 Å². The molecule has 1 aromatic carbocycles. The van der Waals surface area contributed by atoms with Gasteiger partial charge in [0.25, 0.3) is 0 Å². The highest BCUT2D eigenvalue weighted by molar-refractivity contribution is 5.83. The molecule has 0 saturated carbocycles. The second-order valence-corrected chi connectivity index (χ2v) is 6.46. The smallest absolute Gasteiger partial charge is 0.240 e. The molecule has 5 nitrogen and oxygen atoms in total. The van der Waals surface area contributed by atoms with Crippen LogP contribution < -0.4 is 10.6 Å². The van der Waals surface area contributed by atoms with E-state index in [4.69, 9.17) is 0 Å². The van der Waals surface area contributed by atoms with E-state index < -0.39 is 0 Å². The first kappa shape index (κ1) is 18.4. The van der Waals surface area contributed by atoms with Gasteiger partial charge >= 0.3 is 0 Å². The summed E-state index contributed by atoms with van der Waals surface area (Å²) in [7, 11) is 1.74. The van der Waals surface area contributed by atoms with E-state index in [1.165, 1.54) is 19.1 Å². The Balaban J connectivity index is 2.33. The summed E-state index contributed by atoms with van der Waals surface area (Å²) in [5.41, 5.74) is 0.796. The highest BCUT2D eigenvalue weighted by atomic mass is 19.1. The van der Waals surface area contributed by atoms with Crippen molar-refractivity contribution >= 4 is 11.8 Å². The molecule has 132 valence electrons. The molecule has 0 aliphatic carbocycles. The van der Waals surface area contributed by atoms with Gasteiger partial charge in [0, 0.05) is 13.0 Å². The van der Waals surface area contributed by atoms with Gasteiger partial charge in [0.05, 0.1) is 18.1 Å². The molecular formula is C18H26FN3O2. The summed E-state index contributed by atoms with van der Waals surface area (Å²) in [6.45, 7) is 5.19. The van der Waals surface area contributed by atoms with Crippen LogP contribution in [0.2, 0.25) is 0 Å². The van der Waals surface area contributed by atoms with Crippen LogP contribution in [0.1, 0.15) is 45.2 Å². The summed E-state index contributed by atoms with van der Waals surface area (Å²) in [6.07, 6.45) is 1.52. The molecule has 0 aromatic heterocycles. The monoisotopic (exact) mass is 335 g/mol. The van der Waals surface area contributed by atoms with Gasteiger partial charge in [0.1, 0.15) is 5.82 Å². The largest absolute Gasteiger partial charge is 0.352 e. The van der Waals surface area contributed by atoms with Crippen molar-refractivity contribution in [2.45, 2.75) is 57.8 Å². The summed E-state index contributed by atoms with van der Waals surface area (Å²) in [5, 5.41) is 5.86. The van der Waals surface area contributed by atoms with Crippen LogP contribution in [0.3, 0.4) is 0 Å². The van der Waals surface area contributed by atoms with E-state index in [0.717, 1.165) is 18.4 Å². The Morgan fingerprint density at radius 3 is 2.58 bits per heavy atom. The highest BCUT2D eigenvalue weighted by Gasteiger charge is 2.41. The number of likely N-dealkylation sites (tertiary alicyclic amines) is 1. The fourth-order valence-corrected chi connectivity index (χ4v) is 3.45. The summed E-state index contributed by atoms with van der Waals surface area (Å²) in [6, 6.07) is 5.62. The Morgan fingerprint density at radius 1 is 1.29 bits per heavy atom. The minimum Gasteiger partial charge on any atom is -0.352 e. The summed E-state index contributed by atoms with van der Waals surface area (Å²) in [5.74, 6) is -0.461. The lowest BCUT2D eigenvalue weighted by Gasteiger charge is -2.36. The number of likely N-dealkylation sites (N-methyl/N-ethyl adjacent to an activating group) is 1. The van der Waals surface area contributed by atoms with Gasteiger partial charge in [-0.05, 0) is 51.4 Å². The maximum atomic E-state index is 13.6. The average Bonchev–Trinajstić information content (AvgIpc) is 2.97. The van der Waals surface area contributed by atoms with Gasteiger partial charge in [-0.15, -0.1) is 0 Å². The molecule has 1 aromatic rings. The predicted octanol–water partition coefficient (Wildman–Crippen LogP) is 1.99. The lowest BCUT2D eigenvalue weighted by atomic mass is 10.0. The fraction of sp³-hybridized carbons (Fsp3) is 0.556. The molecule has 1 saturated heterocycles. The number of hydrogen-bond donors (Lipinski definition) is 2. The van der Waals surface area contributed by atoms with Crippen LogP contribution >= 0.6 is 0 Å². The van der Waals surface area contributed by atoms with Crippen LogP contribution in [0.5, 0.6) is 0 Å². The van der Waals surface area contributed by atoms with Crippen molar-refractivity contribution in [2.24, 2.45) is 0 Å². The van der Waals surface area contributed by atoms with Gasteiger partial charge < -0.3 is 15.5 Å². The molecule has 4 atom stereocenters. The Morgan fingerprint density at radius 2 is 2.00 bits per heavy atom. The zero-order chi connectivity index (χ0) is 17.9. The third kappa shape index (κ3) is 3.93. The minimum absolute atomic E-state index is 0.0357. The quantitative estimate of drug-likeness (QED) is 0.865. The van der Waals surface area contributed by atoms with E-state index in [2.05, 4.69) is 10.6 Å². The number of halogens is 1. The van der Waals surface area contributed by atoms with E-state index in [9.17, 15) is 14.0 Å². The van der Waals surface area contributed by atoms with E-state index in [0.29, 0.717) is 0 Å². The van der Waals surface area contributed by atoms with E-state index >= 15 is 0 Å². The van der Waals surface area contributed by atoms with Crippen LogP contribution in [-0.4, -0.2) is 41.9 Å². The van der Waals surface area contributed by atoms with Crippen LogP contribution in [0.25, 0.3) is 0 Å². The van der Waals surface area contributed by atoms with E-state index in [-0.39, 0.29) is 41.8 Å². The molecule has 2 N–H and O–H groups in total.